The maximum absolute atomic E-state index is 5.00. The molecule has 5 heteroatoms. The van der Waals surface area contributed by atoms with E-state index in [9.17, 15) is 0 Å². The summed E-state index contributed by atoms with van der Waals surface area (Å²) in [6, 6.07) is 35.1. The molecular formula is C29H19N5. The summed E-state index contributed by atoms with van der Waals surface area (Å²) in [6.45, 7) is 0. The van der Waals surface area contributed by atoms with Crippen LogP contribution in [0.15, 0.2) is 116 Å². The number of para-hydroxylation sites is 2. The predicted octanol–water partition coefficient (Wildman–Crippen LogP) is 6.58. The van der Waals surface area contributed by atoms with Gasteiger partial charge in [-0.1, -0.05) is 66.7 Å². The second-order valence-electron chi connectivity index (χ2n) is 8.20. The molecule has 0 amide bonds. The van der Waals surface area contributed by atoms with Crippen molar-refractivity contribution in [3.63, 3.8) is 0 Å². The number of hydrogen-bond donors (Lipinski definition) is 0. The molecule has 0 aliphatic rings. The van der Waals surface area contributed by atoms with E-state index in [1.165, 1.54) is 5.39 Å². The highest BCUT2D eigenvalue weighted by atomic mass is 15.2. The Morgan fingerprint density at radius 2 is 1.29 bits per heavy atom. The number of pyridine rings is 1. The van der Waals surface area contributed by atoms with Crippen molar-refractivity contribution in [2.45, 2.75) is 0 Å². The first kappa shape index (κ1) is 18.8. The Hall–Kier alpha value is -4.77. The monoisotopic (exact) mass is 437 g/mol. The summed E-state index contributed by atoms with van der Waals surface area (Å²) >= 11 is 0. The molecule has 7 rings (SSSR count). The van der Waals surface area contributed by atoms with Crippen LogP contribution in [0.25, 0.3) is 55.9 Å². The van der Waals surface area contributed by atoms with Crippen LogP contribution in [0.4, 0.5) is 0 Å². The fourth-order valence-electron chi connectivity index (χ4n) is 4.83. The number of benzene rings is 3. The molecule has 0 bridgehead atoms. The van der Waals surface area contributed by atoms with Crippen LogP contribution in [-0.2, 0) is 0 Å². The summed E-state index contributed by atoms with van der Waals surface area (Å²) < 4.78 is 4.51. The van der Waals surface area contributed by atoms with Gasteiger partial charge in [0.2, 0.25) is 0 Å². The van der Waals surface area contributed by atoms with Crippen LogP contribution in [0, 0.1) is 0 Å². The molecule has 4 aromatic heterocycles. The quantitative estimate of drug-likeness (QED) is 0.314. The third kappa shape index (κ3) is 2.70. The molecule has 0 N–H and O–H groups in total. The Balaban J connectivity index is 1.65. The average Bonchev–Trinajstić information content (AvgIpc) is 3.42. The van der Waals surface area contributed by atoms with Gasteiger partial charge < -0.3 is 0 Å². The summed E-state index contributed by atoms with van der Waals surface area (Å²) in [4.78, 5) is 14.4. The lowest BCUT2D eigenvalue weighted by Gasteiger charge is -2.12. The van der Waals surface area contributed by atoms with Gasteiger partial charge >= 0.3 is 0 Å². The van der Waals surface area contributed by atoms with Crippen molar-refractivity contribution in [2.24, 2.45) is 0 Å². The van der Waals surface area contributed by atoms with Gasteiger partial charge in [-0.15, -0.1) is 0 Å². The van der Waals surface area contributed by atoms with Gasteiger partial charge in [-0.05, 0) is 36.4 Å². The number of fused-ring (bicyclic) bond motifs is 5. The minimum Gasteiger partial charge on any atom is -0.295 e. The summed E-state index contributed by atoms with van der Waals surface area (Å²) in [5.41, 5.74) is 6.23. The summed E-state index contributed by atoms with van der Waals surface area (Å²) in [7, 11) is 0. The molecule has 0 aliphatic heterocycles. The summed E-state index contributed by atoms with van der Waals surface area (Å²) in [6.07, 6.45) is 3.68. The first-order chi connectivity index (χ1) is 16.9. The topological polar surface area (TPSA) is 48.5 Å². The fraction of sp³-hybridized carbons (Fsp3) is 0. The molecule has 0 spiro atoms. The Morgan fingerprint density at radius 1 is 0.559 bits per heavy atom. The van der Waals surface area contributed by atoms with Crippen LogP contribution in [0.2, 0.25) is 0 Å². The molecule has 0 radical (unpaired) electrons. The second-order valence-corrected chi connectivity index (χ2v) is 8.20. The maximum atomic E-state index is 5.00. The van der Waals surface area contributed by atoms with Crippen molar-refractivity contribution < 1.29 is 0 Å². The van der Waals surface area contributed by atoms with E-state index in [1.54, 1.807) is 0 Å². The zero-order valence-electron chi connectivity index (χ0n) is 18.2. The van der Waals surface area contributed by atoms with E-state index in [0.717, 1.165) is 44.7 Å². The van der Waals surface area contributed by atoms with Gasteiger partial charge in [0.05, 0.1) is 21.9 Å². The minimum atomic E-state index is 0.694. The zero-order valence-corrected chi connectivity index (χ0v) is 18.2. The maximum Gasteiger partial charge on any atom is 0.161 e. The lowest BCUT2D eigenvalue weighted by molar-refractivity contribution is 1.00. The lowest BCUT2D eigenvalue weighted by atomic mass is 10.2. The summed E-state index contributed by atoms with van der Waals surface area (Å²) in [5, 5.41) is 2.29. The first-order valence-electron chi connectivity index (χ1n) is 11.2. The average molecular weight is 438 g/mol. The molecule has 0 fully saturated rings. The second kappa shape index (κ2) is 7.39. The van der Waals surface area contributed by atoms with Crippen molar-refractivity contribution in [1.29, 1.82) is 0 Å². The predicted molar refractivity (Wildman–Crippen MR) is 136 cm³/mol. The van der Waals surface area contributed by atoms with Gasteiger partial charge in [0.15, 0.2) is 5.82 Å². The van der Waals surface area contributed by atoms with Gasteiger partial charge in [-0.25, -0.2) is 9.97 Å². The van der Waals surface area contributed by atoms with E-state index < -0.39 is 0 Å². The van der Waals surface area contributed by atoms with Crippen LogP contribution in [0.1, 0.15) is 0 Å². The van der Waals surface area contributed by atoms with Crippen LogP contribution in [0.5, 0.6) is 0 Å². The molecule has 3 aromatic carbocycles. The molecular weight excluding hydrogens is 418 g/mol. The Bertz CT molecular complexity index is 1800. The van der Waals surface area contributed by atoms with E-state index >= 15 is 0 Å². The number of nitrogens with zero attached hydrogens (tertiary/aromatic N) is 5. The van der Waals surface area contributed by atoms with Gasteiger partial charge in [-0.2, -0.15) is 0 Å². The highest BCUT2D eigenvalue weighted by Gasteiger charge is 2.23. The van der Waals surface area contributed by atoms with Crippen LogP contribution in [0.3, 0.4) is 0 Å². The lowest BCUT2D eigenvalue weighted by Crippen LogP contribution is -2.04. The smallest absolute Gasteiger partial charge is 0.161 e. The third-order valence-corrected chi connectivity index (χ3v) is 6.24. The van der Waals surface area contributed by atoms with Crippen LogP contribution in [-0.4, -0.2) is 24.1 Å². The third-order valence-electron chi connectivity index (χ3n) is 6.24. The first-order valence-corrected chi connectivity index (χ1v) is 11.2. The summed E-state index contributed by atoms with van der Waals surface area (Å²) in [5.74, 6) is 1.50. The molecule has 7 aromatic rings. The molecule has 0 saturated heterocycles. The van der Waals surface area contributed by atoms with Crippen molar-refractivity contribution in [3.05, 3.63) is 116 Å². The van der Waals surface area contributed by atoms with Crippen molar-refractivity contribution in [1.82, 2.24) is 24.1 Å². The molecule has 0 aliphatic carbocycles. The van der Waals surface area contributed by atoms with E-state index in [0.29, 0.717) is 5.82 Å². The highest BCUT2D eigenvalue weighted by molar-refractivity contribution is 6.21. The molecule has 0 saturated carbocycles. The molecule has 0 atom stereocenters. The zero-order chi connectivity index (χ0) is 22.5. The van der Waals surface area contributed by atoms with Crippen molar-refractivity contribution in [2.75, 3.05) is 0 Å². The molecule has 34 heavy (non-hydrogen) atoms. The molecule has 4 heterocycles. The fourth-order valence-corrected chi connectivity index (χ4v) is 4.83. The SMILES string of the molecule is c1ccc(-c2nccc(-n3c4cccnc4c4c5ccccc5n(-c5ccccc5)c43)n2)cc1. The van der Waals surface area contributed by atoms with E-state index in [4.69, 9.17) is 9.97 Å². The number of hydrogen-bond acceptors (Lipinski definition) is 3. The van der Waals surface area contributed by atoms with E-state index in [1.807, 2.05) is 60.9 Å². The molecule has 5 nitrogen and oxygen atoms in total. The number of rotatable bonds is 3. The van der Waals surface area contributed by atoms with E-state index in [2.05, 4.69) is 68.7 Å². The Kier molecular flexibility index (Phi) is 4.08. The number of aromatic nitrogens is 5. The standard InChI is InChI=1S/C29H19N5/c1-3-10-20(11-4-1)28-31-19-17-25(32-28)34-24-16-9-18-30-27(24)26-22-14-7-8-15-23(22)33(29(26)34)21-12-5-2-6-13-21/h1-19H. The van der Waals surface area contributed by atoms with Crippen LogP contribution < -0.4 is 0 Å². The van der Waals surface area contributed by atoms with Gasteiger partial charge in [0.25, 0.3) is 0 Å². The van der Waals surface area contributed by atoms with E-state index in [-0.39, 0.29) is 0 Å². The Morgan fingerprint density at radius 3 is 2.15 bits per heavy atom. The Labute approximate surface area is 195 Å². The van der Waals surface area contributed by atoms with Crippen molar-refractivity contribution >= 4 is 33.0 Å². The van der Waals surface area contributed by atoms with Crippen LogP contribution >= 0.6 is 0 Å². The van der Waals surface area contributed by atoms with Gasteiger partial charge in [0, 0.05) is 29.0 Å². The largest absolute Gasteiger partial charge is 0.295 e. The van der Waals surface area contributed by atoms with Gasteiger partial charge in [-0.3, -0.25) is 14.1 Å². The normalized spacial score (nSPS) is 11.5. The minimum absolute atomic E-state index is 0.694. The molecule has 0 unspecified atom stereocenters. The highest BCUT2D eigenvalue weighted by Crippen LogP contribution is 2.39. The van der Waals surface area contributed by atoms with Gasteiger partial charge in [0.1, 0.15) is 11.5 Å². The van der Waals surface area contributed by atoms with Crippen molar-refractivity contribution in [3.8, 4) is 22.9 Å². The molecule has 160 valence electrons.